The van der Waals surface area contributed by atoms with E-state index in [1.165, 1.54) is 20.8 Å². The third-order valence-corrected chi connectivity index (χ3v) is 16.5. The predicted octanol–water partition coefficient (Wildman–Crippen LogP) is -6.97. The number of benzene rings is 1. The number of guanidine groups is 2. The standard InChI is InChI=1S/C65H110N20O19S/c1-10-34(8)51(85-55(96)38(19-15-25-73-65(70)71)75-56(97)41(26-31(2)3)79-57(98)42(27-36-16-12-11-13-17-36)80-60(101)48(67)35(9)87)63(104)84-50(33(6)7)62(103)78-40(20-22-45(66)88)54(95)82-44(30-105)59(100)76-37(18-14-24-72-64(68)69)53(94)81-43(29-86)58(99)83-49(32(4)5)61(102)77-39(21-23-46(89)90)52(93)74-28-47(91)92/h11-13,16-17,31-35,37-44,48-51,86-87,105H,10,14-15,18-30,67H2,1-9H3,(H2,66,88)(H,74,93)(H,75,97)(H,76,100)(H,77,102)(H,78,103)(H,79,98)(H,80,101)(H,81,94)(H,82,95)(H,83,99)(H,84,104)(H,85,96)(H,89,90)(H,91,92)(H4,68,69,72)(H4,70,71,73)/t34-,35+,37-,38-,39-,40-,41-,42-,43-,44-,48-,49-,50-,51-/m0/s1. The average molecular weight is 1510 g/mol. The number of carbonyl (C=O) groups is 15. The quantitative estimate of drug-likeness (QED) is 0.0125. The number of primary amides is 1. The maximum absolute atomic E-state index is 14.6. The molecule has 14 atom stereocenters. The highest BCUT2D eigenvalue weighted by atomic mass is 32.1. The average Bonchev–Trinajstić information content (AvgIpc) is 0.853. The fourth-order valence-corrected chi connectivity index (χ4v) is 10.2. The van der Waals surface area contributed by atoms with Gasteiger partial charge in [-0.1, -0.05) is 92.1 Å². The van der Waals surface area contributed by atoms with Gasteiger partial charge in [-0.25, -0.2) is 0 Å². The maximum atomic E-state index is 14.6. The molecule has 0 radical (unpaired) electrons. The molecule has 0 spiro atoms. The molecular formula is C65H110N20O19S. The van der Waals surface area contributed by atoms with E-state index in [0.29, 0.717) is 5.56 Å². The molecule has 0 aromatic heterocycles. The Hall–Kier alpha value is -9.96. The Kier molecular flexibility index (Phi) is 42.7. The number of carbonyl (C=O) groups excluding carboxylic acids is 13. The van der Waals surface area contributed by atoms with Crippen molar-refractivity contribution in [3.05, 3.63) is 35.9 Å². The van der Waals surface area contributed by atoms with Gasteiger partial charge in [-0.15, -0.1) is 0 Å². The van der Waals surface area contributed by atoms with Crippen molar-refractivity contribution in [2.24, 2.45) is 68.1 Å². The summed E-state index contributed by atoms with van der Waals surface area (Å²) in [5.41, 5.74) is 34.1. The van der Waals surface area contributed by atoms with E-state index >= 15 is 0 Å². The van der Waals surface area contributed by atoms with Gasteiger partial charge in [-0.2, -0.15) is 12.6 Å². The van der Waals surface area contributed by atoms with Gasteiger partial charge in [0.25, 0.3) is 0 Å². The number of aliphatic hydroxyl groups excluding tert-OH is 2. The van der Waals surface area contributed by atoms with Gasteiger partial charge in [0.05, 0.1) is 12.7 Å². The van der Waals surface area contributed by atoms with Crippen molar-refractivity contribution in [1.82, 2.24) is 63.8 Å². The summed E-state index contributed by atoms with van der Waals surface area (Å²) < 4.78 is 0. The van der Waals surface area contributed by atoms with Crippen LogP contribution in [0.4, 0.5) is 0 Å². The van der Waals surface area contributed by atoms with Crippen LogP contribution in [-0.2, 0) is 78.3 Å². The van der Waals surface area contributed by atoms with E-state index in [0.717, 1.165) is 0 Å². The second-order valence-electron chi connectivity index (χ2n) is 26.2. The van der Waals surface area contributed by atoms with Crippen LogP contribution in [0.25, 0.3) is 0 Å². The molecule has 0 aliphatic heterocycles. The topological polar surface area (TPSA) is 662 Å². The van der Waals surface area contributed by atoms with E-state index in [1.807, 2.05) is 5.32 Å². The van der Waals surface area contributed by atoms with Crippen molar-refractivity contribution in [3.8, 4) is 0 Å². The number of amides is 13. The third-order valence-electron chi connectivity index (χ3n) is 16.2. The molecule has 0 bridgehead atoms. The minimum atomic E-state index is -1.85. The van der Waals surface area contributed by atoms with Crippen molar-refractivity contribution in [1.29, 1.82) is 0 Å². The van der Waals surface area contributed by atoms with Crippen molar-refractivity contribution in [2.75, 3.05) is 32.0 Å². The lowest BCUT2D eigenvalue weighted by molar-refractivity contribution is -0.140. The number of hydrogen-bond acceptors (Lipinski definition) is 21. The van der Waals surface area contributed by atoms with Gasteiger partial charge >= 0.3 is 11.9 Å². The Labute approximate surface area is 614 Å². The van der Waals surface area contributed by atoms with Crippen LogP contribution in [0, 0.1) is 23.7 Å². The molecule has 39 nitrogen and oxygen atoms in total. The molecule has 0 heterocycles. The Balaban J connectivity index is 3.63. The van der Waals surface area contributed by atoms with Crippen molar-refractivity contribution in [3.63, 3.8) is 0 Å². The van der Waals surface area contributed by atoms with Crippen molar-refractivity contribution >= 4 is 113 Å². The number of nitrogens with two attached hydrogens (primary N) is 6. The number of aliphatic carboxylic acids is 2. The third kappa shape index (κ3) is 35.9. The minimum absolute atomic E-state index is 0.00699. The molecule has 13 amide bonds. The van der Waals surface area contributed by atoms with Crippen molar-refractivity contribution < 1.29 is 92.3 Å². The minimum Gasteiger partial charge on any atom is -0.481 e. The summed E-state index contributed by atoms with van der Waals surface area (Å²) >= 11 is 4.24. The highest BCUT2D eigenvalue weighted by Gasteiger charge is 2.39. The number of rotatable bonds is 50. The number of carboxylic acid groups (broad SMARTS) is 2. The normalized spacial score (nSPS) is 15.1. The van der Waals surface area contributed by atoms with Crippen LogP contribution in [-0.4, -0.2) is 232 Å². The number of hydrogen-bond donors (Lipinski definition) is 23. The first-order valence-corrected chi connectivity index (χ1v) is 34.9. The van der Waals surface area contributed by atoms with E-state index < -0.39 is 230 Å². The molecule has 105 heavy (non-hydrogen) atoms. The molecule has 0 unspecified atom stereocenters. The molecule has 590 valence electrons. The van der Waals surface area contributed by atoms with E-state index in [2.05, 4.69) is 81.1 Å². The lowest BCUT2D eigenvalue weighted by Gasteiger charge is -2.31. The Morgan fingerprint density at radius 3 is 1.28 bits per heavy atom. The first kappa shape index (κ1) is 93.1. The molecule has 0 fully saturated rings. The summed E-state index contributed by atoms with van der Waals surface area (Å²) in [7, 11) is 0. The number of nitrogens with one attached hydrogen (secondary N) is 12. The molecule has 0 aliphatic carbocycles. The van der Waals surface area contributed by atoms with E-state index in [1.54, 1.807) is 71.9 Å². The molecule has 40 heteroatoms. The summed E-state index contributed by atoms with van der Waals surface area (Å²) in [6, 6.07) is -9.64. The second-order valence-corrected chi connectivity index (χ2v) is 26.6. The van der Waals surface area contributed by atoms with Crippen LogP contribution in [0.1, 0.15) is 132 Å². The fourth-order valence-electron chi connectivity index (χ4n) is 9.97. The van der Waals surface area contributed by atoms with Gasteiger partial charge in [0.2, 0.25) is 76.8 Å². The van der Waals surface area contributed by atoms with Crippen LogP contribution in [0.2, 0.25) is 0 Å². The molecule has 0 saturated carbocycles. The zero-order chi connectivity index (χ0) is 80.0. The van der Waals surface area contributed by atoms with Crippen LogP contribution in [0.3, 0.4) is 0 Å². The van der Waals surface area contributed by atoms with E-state index in [4.69, 9.17) is 39.5 Å². The summed E-state index contributed by atoms with van der Waals surface area (Å²) in [6.45, 7) is 12.1. The summed E-state index contributed by atoms with van der Waals surface area (Å²) in [6.07, 6.45) is -3.49. The van der Waals surface area contributed by atoms with Gasteiger partial charge in [-0.3, -0.25) is 81.9 Å². The van der Waals surface area contributed by atoms with Gasteiger partial charge in [-0.05, 0) is 81.1 Å². The lowest BCUT2D eigenvalue weighted by atomic mass is 9.95. The molecule has 1 aromatic rings. The molecule has 1 aromatic carbocycles. The Morgan fingerprint density at radius 1 is 0.457 bits per heavy atom. The summed E-state index contributed by atoms with van der Waals surface area (Å²) in [5, 5.41) is 68.3. The number of carboxylic acids is 2. The van der Waals surface area contributed by atoms with Crippen LogP contribution < -0.4 is 98.2 Å². The first-order chi connectivity index (χ1) is 49.2. The largest absolute Gasteiger partial charge is 0.481 e. The van der Waals surface area contributed by atoms with Gasteiger partial charge in [0.15, 0.2) is 11.9 Å². The number of nitrogens with zero attached hydrogens (tertiary/aromatic N) is 2. The van der Waals surface area contributed by atoms with E-state index in [9.17, 15) is 87.2 Å². The number of thiol groups is 1. The summed E-state index contributed by atoms with van der Waals surface area (Å²) in [5.74, 6) is -19.0. The molecule has 28 N–H and O–H groups in total. The molecule has 1 rings (SSSR count). The fraction of sp³-hybridized carbons (Fsp3) is 0.646. The highest BCUT2D eigenvalue weighted by Crippen LogP contribution is 2.16. The first-order valence-electron chi connectivity index (χ1n) is 34.3. The Morgan fingerprint density at radius 2 is 0.838 bits per heavy atom. The van der Waals surface area contributed by atoms with Crippen LogP contribution in [0.5, 0.6) is 0 Å². The number of aliphatic imine (C=N–C) groups is 2. The van der Waals surface area contributed by atoms with Gasteiger partial charge in [0, 0.05) is 38.1 Å². The second kappa shape index (κ2) is 48.1. The lowest BCUT2D eigenvalue weighted by Crippen LogP contribution is -2.62. The predicted molar refractivity (Wildman–Crippen MR) is 386 cm³/mol. The van der Waals surface area contributed by atoms with Gasteiger partial charge < -0.3 is 119 Å². The maximum Gasteiger partial charge on any atom is 0.322 e. The monoisotopic (exact) mass is 1510 g/mol. The van der Waals surface area contributed by atoms with Crippen LogP contribution >= 0.6 is 12.6 Å². The highest BCUT2D eigenvalue weighted by molar-refractivity contribution is 7.80. The molecule has 0 saturated heterocycles. The zero-order valence-corrected chi connectivity index (χ0v) is 61.6. The van der Waals surface area contributed by atoms with Crippen LogP contribution in [0.15, 0.2) is 40.3 Å². The Bertz CT molecular complexity index is 3160. The number of aliphatic hydroxyl groups is 2. The zero-order valence-electron chi connectivity index (χ0n) is 60.7. The summed E-state index contributed by atoms with van der Waals surface area (Å²) in [4.78, 5) is 210. The molecular weight excluding hydrogens is 1400 g/mol. The SMILES string of the molecule is CC[C@H](C)[C@H](NC(=O)[C@H](CCCN=C(N)N)NC(=O)[C@H](CC(C)C)NC(=O)[C@H](Cc1ccccc1)NC(=O)[C@@H](N)[C@@H](C)O)C(=O)N[C@H](C(=O)N[C@@H](CCC(N)=O)C(=O)N[C@@H](CS)C(=O)N[C@@H](CCCN=C(N)N)C(=O)N[C@@H](CO)C(=O)N[C@H](C(=O)N[C@@H](CCC(=O)O)C(=O)NCC(=O)O)C(C)C)C(C)C. The molecule has 0 aliphatic rings. The van der Waals surface area contributed by atoms with E-state index in [-0.39, 0.29) is 75.9 Å². The smallest absolute Gasteiger partial charge is 0.322 e. The van der Waals surface area contributed by atoms with Gasteiger partial charge in [0.1, 0.15) is 79.0 Å². The van der Waals surface area contributed by atoms with Crippen molar-refractivity contribution in [2.45, 2.75) is 212 Å².